The van der Waals surface area contributed by atoms with Gasteiger partial charge in [-0.1, -0.05) is 0 Å². The summed E-state index contributed by atoms with van der Waals surface area (Å²) in [5.74, 6) is 1.26. The van der Waals surface area contributed by atoms with Crippen molar-refractivity contribution in [1.29, 1.82) is 0 Å². The third kappa shape index (κ3) is 3.38. The topological polar surface area (TPSA) is 65.0 Å². The van der Waals surface area contributed by atoms with E-state index in [0.29, 0.717) is 28.4 Å². The van der Waals surface area contributed by atoms with Gasteiger partial charge in [-0.25, -0.2) is 0 Å². The molecule has 0 aromatic heterocycles. The maximum atomic E-state index is 12.4. The van der Waals surface area contributed by atoms with Gasteiger partial charge >= 0.3 is 0 Å². The van der Waals surface area contributed by atoms with Crippen LogP contribution in [0.5, 0.6) is 17.2 Å². The Morgan fingerprint density at radius 3 is 1.82 bits per heavy atom. The first kappa shape index (κ1) is 15.9. The number of aliphatic hydroxyl groups excluding tert-OH is 1. The van der Waals surface area contributed by atoms with Gasteiger partial charge in [0.1, 0.15) is 23.4 Å². The fourth-order valence-electron chi connectivity index (χ4n) is 2.05. The van der Waals surface area contributed by atoms with Crippen LogP contribution in [0.25, 0.3) is 0 Å². The number of carbonyl (C=O) groups is 1. The van der Waals surface area contributed by atoms with Crippen LogP contribution in [0.4, 0.5) is 0 Å². The molecule has 5 heteroatoms. The van der Waals surface area contributed by atoms with Gasteiger partial charge in [-0.15, -0.1) is 0 Å². The number of benzene rings is 2. The Labute approximate surface area is 129 Å². The van der Waals surface area contributed by atoms with E-state index in [1.165, 1.54) is 14.2 Å². The van der Waals surface area contributed by atoms with Gasteiger partial charge in [-0.2, -0.15) is 0 Å². The fourth-order valence-corrected chi connectivity index (χ4v) is 2.05. The van der Waals surface area contributed by atoms with E-state index in [2.05, 4.69) is 0 Å². The van der Waals surface area contributed by atoms with Crippen molar-refractivity contribution in [3.05, 3.63) is 53.6 Å². The minimum atomic E-state index is -1.29. The van der Waals surface area contributed by atoms with Gasteiger partial charge in [-0.3, -0.25) is 4.79 Å². The normalized spacial score (nSPS) is 11.6. The minimum Gasteiger partial charge on any atom is -0.497 e. The molecular weight excluding hydrogens is 284 g/mol. The van der Waals surface area contributed by atoms with Crippen molar-refractivity contribution in [2.24, 2.45) is 0 Å². The van der Waals surface area contributed by atoms with Crippen molar-refractivity contribution in [2.75, 3.05) is 21.3 Å². The number of rotatable bonds is 6. The smallest absolute Gasteiger partial charge is 0.195 e. The van der Waals surface area contributed by atoms with E-state index >= 15 is 0 Å². The number of carbonyl (C=O) groups excluding carboxylic acids is 1. The summed E-state index contributed by atoms with van der Waals surface area (Å²) in [6.45, 7) is 0. The molecule has 2 aromatic carbocycles. The van der Waals surface area contributed by atoms with Gasteiger partial charge in [0.15, 0.2) is 5.78 Å². The molecule has 2 rings (SSSR count). The molecule has 0 fully saturated rings. The van der Waals surface area contributed by atoms with E-state index in [0.717, 1.165) is 0 Å². The van der Waals surface area contributed by atoms with Crippen LogP contribution in [0.1, 0.15) is 22.0 Å². The van der Waals surface area contributed by atoms with Crippen molar-refractivity contribution >= 4 is 5.78 Å². The Kier molecular flexibility index (Phi) is 5.01. The highest BCUT2D eigenvalue weighted by atomic mass is 16.5. The van der Waals surface area contributed by atoms with Crippen LogP contribution < -0.4 is 14.2 Å². The summed E-state index contributed by atoms with van der Waals surface area (Å²) in [5.41, 5.74) is 0.812. The van der Waals surface area contributed by atoms with Crippen LogP contribution in [0.2, 0.25) is 0 Å². The van der Waals surface area contributed by atoms with Crippen LogP contribution in [0, 0.1) is 0 Å². The van der Waals surface area contributed by atoms with E-state index in [9.17, 15) is 9.90 Å². The third-order valence-electron chi connectivity index (χ3n) is 3.31. The average Bonchev–Trinajstić information content (AvgIpc) is 2.59. The highest BCUT2D eigenvalue weighted by Crippen LogP contribution is 2.28. The fraction of sp³-hybridized carbons (Fsp3) is 0.235. The molecule has 1 unspecified atom stereocenters. The number of hydrogen-bond donors (Lipinski definition) is 1. The molecule has 22 heavy (non-hydrogen) atoms. The summed E-state index contributed by atoms with van der Waals surface area (Å²) >= 11 is 0. The predicted octanol–water partition coefficient (Wildman–Crippen LogP) is 2.63. The summed E-state index contributed by atoms with van der Waals surface area (Å²) in [4.78, 5) is 12.4. The van der Waals surface area contributed by atoms with Crippen molar-refractivity contribution in [3.8, 4) is 17.2 Å². The molecule has 0 aliphatic heterocycles. The molecule has 0 saturated carbocycles. The monoisotopic (exact) mass is 302 g/mol. The molecule has 0 aliphatic carbocycles. The summed E-state index contributed by atoms with van der Waals surface area (Å²) in [6.07, 6.45) is -1.29. The molecular formula is C17H18O5. The molecule has 0 radical (unpaired) electrons. The summed E-state index contributed by atoms with van der Waals surface area (Å²) < 4.78 is 15.3. The van der Waals surface area contributed by atoms with Crippen molar-refractivity contribution < 1.29 is 24.1 Å². The lowest BCUT2D eigenvalue weighted by atomic mass is 9.99. The van der Waals surface area contributed by atoms with E-state index in [1.807, 2.05) is 0 Å². The van der Waals surface area contributed by atoms with Crippen LogP contribution in [0.15, 0.2) is 42.5 Å². The van der Waals surface area contributed by atoms with E-state index < -0.39 is 11.9 Å². The molecule has 0 bridgehead atoms. The molecule has 0 saturated heterocycles. The van der Waals surface area contributed by atoms with E-state index in [4.69, 9.17) is 14.2 Å². The number of aliphatic hydroxyl groups is 1. The number of ether oxygens (including phenoxy) is 3. The van der Waals surface area contributed by atoms with Crippen LogP contribution in [-0.2, 0) is 0 Å². The predicted molar refractivity (Wildman–Crippen MR) is 81.8 cm³/mol. The highest BCUT2D eigenvalue weighted by molar-refractivity contribution is 6.00. The number of methoxy groups -OCH3 is 3. The van der Waals surface area contributed by atoms with Crippen molar-refractivity contribution in [1.82, 2.24) is 0 Å². The Morgan fingerprint density at radius 1 is 0.864 bits per heavy atom. The molecule has 0 aliphatic rings. The maximum Gasteiger partial charge on any atom is 0.195 e. The standard InChI is InChI=1S/C17H18O5/c1-20-13-6-4-11(5-7-13)16(18)17(19)12-8-14(21-2)10-15(9-12)22-3/h4-10,17,19H,1-3H3. The molecule has 1 N–H and O–H groups in total. The second-order valence-corrected chi connectivity index (χ2v) is 4.64. The Hall–Kier alpha value is -2.53. The minimum absolute atomic E-state index is 0.398. The highest BCUT2D eigenvalue weighted by Gasteiger charge is 2.20. The molecule has 116 valence electrons. The zero-order valence-corrected chi connectivity index (χ0v) is 12.7. The second-order valence-electron chi connectivity index (χ2n) is 4.64. The lowest BCUT2D eigenvalue weighted by molar-refractivity contribution is 0.0747. The van der Waals surface area contributed by atoms with Gasteiger partial charge in [-0.05, 0) is 42.0 Å². The average molecular weight is 302 g/mol. The van der Waals surface area contributed by atoms with Crippen molar-refractivity contribution in [2.45, 2.75) is 6.10 Å². The first-order valence-corrected chi connectivity index (χ1v) is 6.68. The second kappa shape index (κ2) is 6.95. The SMILES string of the molecule is COc1ccc(C(=O)C(O)c2cc(OC)cc(OC)c2)cc1. The van der Waals surface area contributed by atoms with Crippen molar-refractivity contribution in [3.63, 3.8) is 0 Å². The van der Waals surface area contributed by atoms with Gasteiger partial charge < -0.3 is 19.3 Å². The summed E-state index contributed by atoms with van der Waals surface area (Å²) in [7, 11) is 4.57. The van der Waals surface area contributed by atoms with E-state index in [1.54, 1.807) is 49.6 Å². The zero-order valence-electron chi connectivity index (χ0n) is 12.7. The largest absolute Gasteiger partial charge is 0.497 e. The maximum absolute atomic E-state index is 12.4. The number of Topliss-reactive ketones (excluding diaryl/α,β-unsaturated/α-hetero) is 1. The summed E-state index contributed by atoms with van der Waals surface area (Å²) in [5, 5.41) is 10.3. The van der Waals surface area contributed by atoms with Crippen LogP contribution in [-0.4, -0.2) is 32.2 Å². The Bertz CT molecular complexity index is 626. The van der Waals surface area contributed by atoms with Gasteiger partial charge in [0.2, 0.25) is 0 Å². The van der Waals surface area contributed by atoms with Crippen LogP contribution in [0.3, 0.4) is 0 Å². The van der Waals surface area contributed by atoms with Gasteiger partial charge in [0.25, 0.3) is 0 Å². The number of hydrogen-bond acceptors (Lipinski definition) is 5. The Morgan fingerprint density at radius 2 is 1.36 bits per heavy atom. The van der Waals surface area contributed by atoms with E-state index in [-0.39, 0.29) is 0 Å². The number of ketones is 1. The molecule has 0 amide bonds. The lowest BCUT2D eigenvalue weighted by Gasteiger charge is -2.13. The molecule has 2 aromatic rings. The molecule has 0 heterocycles. The van der Waals surface area contributed by atoms with Gasteiger partial charge in [0.05, 0.1) is 21.3 Å². The molecule has 1 atom stereocenters. The quantitative estimate of drug-likeness (QED) is 0.831. The summed E-state index contributed by atoms with van der Waals surface area (Å²) in [6, 6.07) is 11.5. The van der Waals surface area contributed by atoms with Crippen LogP contribution >= 0.6 is 0 Å². The first-order chi connectivity index (χ1) is 10.6. The van der Waals surface area contributed by atoms with Gasteiger partial charge in [0, 0.05) is 11.6 Å². The third-order valence-corrected chi connectivity index (χ3v) is 3.31. The lowest BCUT2D eigenvalue weighted by Crippen LogP contribution is -2.12. The Balaban J connectivity index is 2.29. The molecule has 5 nitrogen and oxygen atoms in total. The first-order valence-electron chi connectivity index (χ1n) is 6.68. The molecule has 0 spiro atoms. The zero-order chi connectivity index (χ0) is 16.1.